The molecule has 0 aliphatic heterocycles. The van der Waals surface area contributed by atoms with Gasteiger partial charge in [-0.05, 0) is 43.9 Å². The Labute approximate surface area is 128 Å². The van der Waals surface area contributed by atoms with Gasteiger partial charge in [-0.1, -0.05) is 66.3 Å². The summed E-state index contributed by atoms with van der Waals surface area (Å²) >= 11 is 0. The molecule has 21 heavy (non-hydrogen) atoms. The van der Waals surface area contributed by atoms with E-state index in [0.717, 1.165) is 18.5 Å². The van der Waals surface area contributed by atoms with Crippen molar-refractivity contribution in [1.29, 1.82) is 0 Å². The fraction of sp³-hybridized carbons (Fsp3) is 0.300. The Morgan fingerprint density at radius 2 is 1.95 bits per heavy atom. The van der Waals surface area contributed by atoms with Crippen molar-refractivity contribution < 1.29 is 0 Å². The van der Waals surface area contributed by atoms with Crippen LogP contribution in [0, 0.1) is 6.92 Å². The Morgan fingerprint density at radius 1 is 1.24 bits per heavy atom. The topological polar surface area (TPSA) is 12.0 Å². The van der Waals surface area contributed by atoms with Gasteiger partial charge in [0.05, 0.1) is 0 Å². The zero-order chi connectivity index (χ0) is 15.2. The van der Waals surface area contributed by atoms with E-state index in [4.69, 9.17) is 0 Å². The molecule has 1 heteroatoms. The van der Waals surface area contributed by atoms with Gasteiger partial charge in [0.25, 0.3) is 0 Å². The lowest BCUT2D eigenvalue weighted by atomic mass is 10.0. The van der Waals surface area contributed by atoms with Crippen LogP contribution < -0.4 is 5.32 Å². The predicted molar refractivity (Wildman–Crippen MR) is 93.3 cm³/mol. The minimum Gasteiger partial charge on any atom is -0.306 e. The molecule has 0 heterocycles. The molecule has 0 fully saturated rings. The molecule has 0 saturated heterocycles. The van der Waals surface area contributed by atoms with Crippen molar-refractivity contribution in [2.45, 2.75) is 33.2 Å². The van der Waals surface area contributed by atoms with Crippen molar-refractivity contribution in [2.24, 2.45) is 0 Å². The molecule has 1 N–H and O–H groups in total. The van der Waals surface area contributed by atoms with Crippen molar-refractivity contribution in [2.75, 3.05) is 6.54 Å². The summed E-state index contributed by atoms with van der Waals surface area (Å²) in [6.45, 7) is 11.5. The molecule has 1 atom stereocenters. The van der Waals surface area contributed by atoms with Crippen LogP contribution in [0.3, 0.4) is 0 Å². The lowest BCUT2D eigenvalue weighted by Crippen LogP contribution is -2.28. The third-order valence-corrected chi connectivity index (χ3v) is 3.86. The molecule has 1 aliphatic carbocycles. The standard InChI is InChI=1S/C20H25N/c1-15-9-11-19(12-10-15)17(3)14-21-18(4)20-8-6-5-7-16(2)13-20/h5-6,8-13,18,21H,3,7,14H2,1-2,4H3. The lowest BCUT2D eigenvalue weighted by molar-refractivity contribution is 0.670. The van der Waals surface area contributed by atoms with E-state index in [2.05, 4.69) is 81.2 Å². The van der Waals surface area contributed by atoms with Gasteiger partial charge in [-0.3, -0.25) is 0 Å². The van der Waals surface area contributed by atoms with E-state index in [1.54, 1.807) is 0 Å². The highest BCUT2D eigenvalue weighted by molar-refractivity contribution is 5.65. The van der Waals surface area contributed by atoms with E-state index in [0.29, 0.717) is 6.04 Å². The first-order valence-electron chi connectivity index (χ1n) is 7.58. The maximum atomic E-state index is 4.19. The first-order valence-corrected chi connectivity index (χ1v) is 7.58. The number of benzene rings is 1. The van der Waals surface area contributed by atoms with Crippen LogP contribution in [0.5, 0.6) is 0 Å². The highest BCUT2D eigenvalue weighted by Crippen LogP contribution is 2.16. The summed E-state index contributed by atoms with van der Waals surface area (Å²) in [7, 11) is 0. The van der Waals surface area contributed by atoms with Crippen molar-refractivity contribution in [3.8, 4) is 0 Å². The van der Waals surface area contributed by atoms with Gasteiger partial charge < -0.3 is 5.32 Å². The van der Waals surface area contributed by atoms with Gasteiger partial charge in [0, 0.05) is 12.6 Å². The molecule has 1 aromatic carbocycles. The quantitative estimate of drug-likeness (QED) is 0.815. The molecule has 0 saturated carbocycles. The van der Waals surface area contributed by atoms with Gasteiger partial charge >= 0.3 is 0 Å². The first-order chi connectivity index (χ1) is 10.1. The fourth-order valence-electron chi connectivity index (χ4n) is 2.38. The maximum Gasteiger partial charge on any atom is 0.0294 e. The van der Waals surface area contributed by atoms with Crippen LogP contribution in [-0.2, 0) is 0 Å². The van der Waals surface area contributed by atoms with Gasteiger partial charge in [-0.25, -0.2) is 0 Å². The smallest absolute Gasteiger partial charge is 0.0294 e. The van der Waals surface area contributed by atoms with Crippen molar-refractivity contribution in [1.82, 2.24) is 5.32 Å². The number of aryl methyl sites for hydroxylation is 1. The van der Waals surface area contributed by atoms with Crippen LogP contribution in [-0.4, -0.2) is 12.6 Å². The number of hydrogen-bond acceptors (Lipinski definition) is 1. The lowest BCUT2D eigenvalue weighted by Gasteiger charge is -2.17. The zero-order valence-corrected chi connectivity index (χ0v) is 13.3. The number of nitrogens with one attached hydrogen (secondary N) is 1. The van der Waals surface area contributed by atoms with Gasteiger partial charge in [-0.15, -0.1) is 0 Å². The van der Waals surface area contributed by atoms with Crippen LogP contribution >= 0.6 is 0 Å². The SMILES string of the molecule is C=C(CNC(C)C1=CC=CCC(C)=C1)c1ccc(C)cc1. The molecule has 0 bridgehead atoms. The Morgan fingerprint density at radius 3 is 2.67 bits per heavy atom. The average Bonchev–Trinajstić information content (AvgIpc) is 2.70. The van der Waals surface area contributed by atoms with E-state index in [1.807, 2.05) is 0 Å². The summed E-state index contributed by atoms with van der Waals surface area (Å²) in [6, 6.07) is 8.87. The van der Waals surface area contributed by atoms with E-state index in [-0.39, 0.29) is 0 Å². The van der Waals surface area contributed by atoms with Gasteiger partial charge in [0.2, 0.25) is 0 Å². The summed E-state index contributed by atoms with van der Waals surface area (Å²) < 4.78 is 0. The molecule has 0 spiro atoms. The average molecular weight is 279 g/mol. The molecule has 1 aromatic rings. The molecule has 1 unspecified atom stereocenters. The maximum absolute atomic E-state index is 4.19. The second kappa shape index (κ2) is 7.24. The third kappa shape index (κ3) is 4.57. The van der Waals surface area contributed by atoms with Gasteiger partial charge in [-0.2, -0.15) is 0 Å². The summed E-state index contributed by atoms with van der Waals surface area (Å²) in [5, 5.41) is 3.57. The van der Waals surface area contributed by atoms with E-state index >= 15 is 0 Å². The first kappa shape index (κ1) is 15.5. The normalized spacial score (nSPS) is 16.0. The summed E-state index contributed by atoms with van der Waals surface area (Å²) in [5.41, 5.74) is 6.36. The molecular formula is C20H25N. The largest absolute Gasteiger partial charge is 0.306 e. The Kier molecular flexibility index (Phi) is 5.35. The summed E-state index contributed by atoms with van der Waals surface area (Å²) in [5.74, 6) is 0. The molecule has 110 valence electrons. The van der Waals surface area contributed by atoms with E-state index < -0.39 is 0 Å². The second-order valence-corrected chi connectivity index (χ2v) is 5.86. The Hall–Kier alpha value is -1.86. The minimum absolute atomic E-state index is 0.324. The van der Waals surface area contributed by atoms with Gasteiger partial charge in [0.15, 0.2) is 0 Å². The summed E-state index contributed by atoms with van der Waals surface area (Å²) in [4.78, 5) is 0. The van der Waals surface area contributed by atoms with E-state index in [1.165, 1.54) is 22.3 Å². The van der Waals surface area contributed by atoms with E-state index in [9.17, 15) is 0 Å². The van der Waals surface area contributed by atoms with Gasteiger partial charge in [0.1, 0.15) is 0 Å². The van der Waals surface area contributed by atoms with Crippen LogP contribution in [0.15, 0.2) is 66.3 Å². The van der Waals surface area contributed by atoms with Crippen LogP contribution in [0.1, 0.15) is 31.4 Å². The van der Waals surface area contributed by atoms with Crippen LogP contribution in [0.25, 0.3) is 5.57 Å². The highest BCUT2D eigenvalue weighted by atomic mass is 14.9. The molecular weight excluding hydrogens is 254 g/mol. The molecule has 0 amide bonds. The molecule has 1 nitrogen and oxygen atoms in total. The highest BCUT2D eigenvalue weighted by Gasteiger charge is 2.08. The number of hydrogen-bond donors (Lipinski definition) is 1. The van der Waals surface area contributed by atoms with Crippen molar-refractivity contribution in [3.05, 3.63) is 77.4 Å². The third-order valence-electron chi connectivity index (χ3n) is 3.86. The molecule has 0 radical (unpaired) electrons. The molecule has 0 aromatic heterocycles. The summed E-state index contributed by atoms with van der Waals surface area (Å²) in [6.07, 6.45) is 9.88. The zero-order valence-electron chi connectivity index (χ0n) is 13.3. The monoisotopic (exact) mass is 279 g/mol. The molecule has 1 aliphatic rings. The van der Waals surface area contributed by atoms with Crippen LogP contribution in [0.4, 0.5) is 0 Å². The second-order valence-electron chi connectivity index (χ2n) is 5.86. The number of rotatable bonds is 5. The van der Waals surface area contributed by atoms with Crippen molar-refractivity contribution >= 4 is 5.57 Å². The van der Waals surface area contributed by atoms with Crippen molar-refractivity contribution in [3.63, 3.8) is 0 Å². The Balaban J connectivity index is 1.94. The van der Waals surface area contributed by atoms with Crippen LogP contribution in [0.2, 0.25) is 0 Å². The number of allylic oxidation sites excluding steroid dienone is 4. The predicted octanol–water partition coefficient (Wildman–Crippen LogP) is 4.82. The minimum atomic E-state index is 0.324. The fourth-order valence-corrected chi connectivity index (χ4v) is 2.38. The molecule has 2 rings (SSSR count). The Bertz CT molecular complexity index is 585.